The molecule has 1 aromatic heterocycles. The van der Waals surface area contributed by atoms with Gasteiger partial charge in [-0.2, -0.15) is 0 Å². The van der Waals surface area contributed by atoms with Crippen LogP contribution in [-0.4, -0.2) is 30.5 Å². The van der Waals surface area contributed by atoms with Gasteiger partial charge >= 0.3 is 0 Å². The third-order valence-corrected chi connectivity index (χ3v) is 5.29. The van der Waals surface area contributed by atoms with Gasteiger partial charge in [-0.3, -0.25) is 4.79 Å². The molecular formula is C18H23N3OS. The molecule has 23 heavy (non-hydrogen) atoms. The van der Waals surface area contributed by atoms with Crippen LogP contribution in [0.15, 0.2) is 29.6 Å². The number of aryl methyl sites for hydroxylation is 1. The van der Waals surface area contributed by atoms with Crippen molar-refractivity contribution in [2.24, 2.45) is 11.8 Å². The Morgan fingerprint density at radius 3 is 2.70 bits per heavy atom. The van der Waals surface area contributed by atoms with Gasteiger partial charge in [-0.05, 0) is 37.9 Å². The fourth-order valence-electron chi connectivity index (χ4n) is 2.71. The average molecular weight is 329 g/mol. The number of carbonyl (C=O) groups is 1. The Morgan fingerprint density at radius 2 is 2.13 bits per heavy atom. The number of amides is 1. The summed E-state index contributed by atoms with van der Waals surface area (Å²) in [7, 11) is 0. The molecule has 0 saturated carbocycles. The lowest BCUT2D eigenvalue weighted by Gasteiger charge is -2.31. The highest BCUT2D eigenvalue weighted by Crippen LogP contribution is 2.22. The number of carbonyl (C=O) groups excluding carboxylic acids is 1. The zero-order valence-corrected chi connectivity index (χ0v) is 14.5. The first-order valence-corrected chi connectivity index (χ1v) is 9.01. The van der Waals surface area contributed by atoms with Crippen LogP contribution in [0.3, 0.4) is 0 Å². The number of hydrogen-bond acceptors (Lipinski definition) is 4. The van der Waals surface area contributed by atoms with E-state index in [9.17, 15) is 4.79 Å². The van der Waals surface area contributed by atoms with Crippen molar-refractivity contribution in [2.45, 2.75) is 20.3 Å². The SMILES string of the molecule is Cc1nc(-c2ccc(CCNC(=O)C(C)C3CNC3)cc2)cs1. The topological polar surface area (TPSA) is 54.0 Å². The van der Waals surface area contributed by atoms with Gasteiger partial charge in [0.25, 0.3) is 0 Å². The van der Waals surface area contributed by atoms with Crippen LogP contribution >= 0.6 is 11.3 Å². The predicted molar refractivity (Wildman–Crippen MR) is 94.5 cm³/mol. The van der Waals surface area contributed by atoms with E-state index in [2.05, 4.69) is 45.3 Å². The van der Waals surface area contributed by atoms with E-state index in [0.717, 1.165) is 35.8 Å². The highest BCUT2D eigenvalue weighted by atomic mass is 32.1. The van der Waals surface area contributed by atoms with Gasteiger partial charge in [-0.25, -0.2) is 4.98 Å². The number of thiazole rings is 1. The van der Waals surface area contributed by atoms with E-state index in [1.165, 1.54) is 5.56 Å². The summed E-state index contributed by atoms with van der Waals surface area (Å²) >= 11 is 1.67. The molecule has 2 aromatic rings. The van der Waals surface area contributed by atoms with Crippen molar-refractivity contribution in [3.63, 3.8) is 0 Å². The summed E-state index contributed by atoms with van der Waals surface area (Å²) in [5, 5.41) is 9.44. The van der Waals surface area contributed by atoms with Crippen molar-refractivity contribution >= 4 is 17.2 Å². The van der Waals surface area contributed by atoms with Crippen LogP contribution in [0.25, 0.3) is 11.3 Å². The second-order valence-corrected chi connectivity index (χ2v) is 7.26. The van der Waals surface area contributed by atoms with Crippen LogP contribution in [0.4, 0.5) is 0 Å². The van der Waals surface area contributed by atoms with Crippen molar-refractivity contribution in [2.75, 3.05) is 19.6 Å². The number of benzene rings is 1. The summed E-state index contributed by atoms with van der Waals surface area (Å²) in [6.45, 7) is 6.66. The Labute approximate surface area is 141 Å². The molecule has 1 unspecified atom stereocenters. The lowest BCUT2D eigenvalue weighted by Crippen LogP contribution is -2.49. The molecule has 1 aromatic carbocycles. The minimum atomic E-state index is 0.103. The first kappa shape index (κ1) is 16.1. The summed E-state index contributed by atoms with van der Waals surface area (Å²) in [5.74, 6) is 0.772. The van der Waals surface area contributed by atoms with Crippen LogP contribution < -0.4 is 10.6 Å². The lowest BCUT2D eigenvalue weighted by molar-refractivity contribution is -0.126. The van der Waals surface area contributed by atoms with Gasteiger partial charge in [0.2, 0.25) is 5.91 Å². The quantitative estimate of drug-likeness (QED) is 0.856. The molecule has 122 valence electrons. The summed E-state index contributed by atoms with van der Waals surface area (Å²) in [4.78, 5) is 16.6. The zero-order chi connectivity index (χ0) is 16.2. The van der Waals surface area contributed by atoms with E-state index < -0.39 is 0 Å². The summed E-state index contributed by atoms with van der Waals surface area (Å²) in [5.41, 5.74) is 3.42. The molecule has 0 spiro atoms. The molecule has 3 rings (SSSR count). The predicted octanol–water partition coefficient (Wildman–Crippen LogP) is 2.63. The van der Waals surface area contributed by atoms with Gasteiger partial charge in [-0.1, -0.05) is 31.2 Å². The van der Waals surface area contributed by atoms with E-state index >= 15 is 0 Å². The Morgan fingerprint density at radius 1 is 1.39 bits per heavy atom. The molecule has 2 heterocycles. The third kappa shape index (κ3) is 3.98. The fourth-order valence-corrected chi connectivity index (χ4v) is 3.33. The first-order chi connectivity index (χ1) is 11.1. The molecule has 1 saturated heterocycles. The number of hydrogen-bond donors (Lipinski definition) is 2. The summed E-state index contributed by atoms with van der Waals surface area (Å²) in [6.07, 6.45) is 0.859. The summed E-state index contributed by atoms with van der Waals surface area (Å²) in [6, 6.07) is 8.45. The minimum Gasteiger partial charge on any atom is -0.356 e. The van der Waals surface area contributed by atoms with E-state index in [1.807, 2.05) is 13.8 Å². The molecule has 0 aliphatic carbocycles. The van der Waals surface area contributed by atoms with Gasteiger partial charge in [0.1, 0.15) is 0 Å². The van der Waals surface area contributed by atoms with Crippen molar-refractivity contribution in [1.82, 2.24) is 15.6 Å². The smallest absolute Gasteiger partial charge is 0.223 e. The van der Waals surface area contributed by atoms with Crippen molar-refractivity contribution in [3.8, 4) is 11.3 Å². The molecule has 1 aliphatic heterocycles. The highest BCUT2D eigenvalue weighted by Gasteiger charge is 2.28. The van der Waals surface area contributed by atoms with E-state index in [-0.39, 0.29) is 11.8 Å². The normalized spacial score (nSPS) is 15.9. The molecule has 1 aliphatic rings. The van der Waals surface area contributed by atoms with Crippen LogP contribution in [-0.2, 0) is 11.2 Å². The van der Waals surface area contributed by atoms with Crippen LogP contribution in [0.5, 0.6) is 0 Å². The Hall–Kier alpha value is -1.72. The van der Waals surface area contributed by atoms with Gasteiger partial charge in [0.15, 0.2) is 0 Å². The van der Waals surface area contributed by atoms with Crippen molar-refractivity contribution < 1.29 is 4.79 Å². The maximum Gasteiger partial charge on any atom is 0.223 e. The molecule has 0 radical (unpaired) electrons. The van der Waals surface area contributed by atoms with Crippen LogP contribution in [0, 0.1) is 18.8 Å². The van der Waals surface area contributed by atoms with E-state index in [4.69, 9.17) is 0 Å². The summed E-state index contributed by atoms with van der Waals surface area (Å²) < 4.78 is 0. The highest BCUT2D eigenvalue weighted by molar-refractivity contribution is 7.09. The maximum atomic E-state index is 12.1. The fraction of sp³-hybridized carbons (Fsp3) is 0.444. The third-order valence-electron chi connectivity index (χ3n) is 4.52. The number of rotatable bonds is 6. The standard InChI is InChI=1S/C18H23N3OS/c1-12(16-9-19-10-16)18(22)20-8-7-14-3-5-15(6-4-14)17-11-23-13(2)21-17/h3-6,11-12,16,19H,7-10H2,1-2H3,(H,20,22). The first-order valence-electron chi connectivity index (χ1n) is 8.13. The van der Waals surface area contributed by atoms with Gasteiger partial charge in [0.05, 0.1) is 10.7 Å². The largest absolute Gasteiger partial charge is 0.356 e. The van der Waals surface area contributed by atoms with Gasteiger partial charge < -0.3 is 10.6 Å². The monoisotopic (exact) mass is 329 g/mol. The zero-order valence-electron chi connectivity index (χ0n) is 13.6. The van der Waals surface area contributed by atoms with Crippen molar-refractivity contribution in [1.29, 1.82) is 0 Å². The minimum absolute atomic E-state index is 0.103. The Kier molecular flexibility index (Phi) is 5.08. The average Bonchev–Trinajstić information content (AvgIpc) is 2.92. The molecule has 4 nitrogen and oxygen atoms in total. The van der Waals surface area contributed by atoms with E-state index in [1.54, 1.807) is 11.3 Å². The second kappa shape index (κ2) is 7.23. The molecule has 2 N–H and O–H groups in total. The number of aromatic nitrogens is 1. The molecule has 1 fully saturated rings. The van der Waals surface area contributed by atoms with Gasteiger partial charge in [-0.15, -0.1) is 11.3 Å². The second-order valence-electron chi connectivity index (χ2n) is 6.20. The Bertz CT molecular complexity index is 661. The molecule has 0 bridgehead atoms. The van der Waals surface area contributed by atoms with Crippen LogP contribution in [0.2, 0.25) is 0 Å². The maximum absolute atomic E-state index is 12.1. The molecule has 5 heteroatoms. The molecule has 1 atom stereocenters. The Balaban J connectivity index is 1.48. The number of nitrogens with zero attached hydrogens (tertiary/aromatic N) is 1. The lowest BCUT2D eigenvalue weighted by atomic mass is 9.88. The van der Waals surface area contributed by atoms with Crippen LogP contribution in [0.1, 0.15) is 17.5 Å². The molecule has 1 amide bonds. The van der Waals surface area contributed by atoms with E-state index in [0.29, 0.717) is 12.5 Å². The molecular weight excluding hydrogens is 306 g/mol. The van der Waals surface area contributed by atoms with Crippen molar-refractivity contribution in [3.05, 3.63) is 40.2 Å². The van der Waals surface area contributed by atoms with Gasteiger partial charge in [0, 0.05) is 23.4 Å². The number of nitrogens with one attached hydrogen (secondary N) is 2.